The number of hydrogen-bond acceptors (Lipinski definition) is 6. The van der Waals surface area contributed by atoms with E-state index in [4.69, 9.17) is 14.0 Å². The van der Waals surface area contributed by atoms with Crippen LogP contribution >= 0.6 is 0 Å². The van der Waals surface area contributed by atoms with E-state index in [2.05, 4.69) is 10.5 Å². The van der Waals surface area contributed by atoms with Gasteiger partial charge in [0.15, 0.2) is 11.5 Å². The molecule has 0 bridgehead atoms. The molecule has 1 N–H and O–H groups in total. The number of hydrogen-bond donors (Lipinski definition) is 1. The number of nitrogens with one attached hydrogen (secondary N) is 1. The van der Waals surface area contributed by atoms with Crippen LogP contribution in [0, 0.1) is 13.8 Å². The molecule has 0 saturated heterocycles. The predicted molar refractivity (Wildman–Crippen MR) is 83.1 cm³/mol. The quantitative estimate of drug-likeness (QED) is 0.913. The first-order chi connectivity index (χ1) is 11.1. The molecule has 0 radical (unpaired) electrons. The Bertz CT molecular complexity index is 764. The zero-order valence-electron chi connectivity index (χ0n) is 13.0. The number of anilines is 2. The summed E-state index contributed by atoms with van der Waals surface area (Å²) in [5.41, 5.74) is 3.38. The van der Waals surface area contributed by atoms with Gasteiger partial charge in [0.25, 0.3) is 0 Å². The highest BCUT2D eigenvalue weighted by molar-refractivity contribution is 6.03. The van der Waals surface area contributed by atoms with Crippen LogP contribution in [-0.2, 0) is 11.3 Å². The molecule has 0 atom stereocenters. The lowest BCUT2D eigenvalue weighted by atomic mass is 10.1. The number of amides is 1. The number of carbonyl (C=O) groups is 1. The summed E-state index contributed by atoms with van der Waals surface area (Å²) in [5, 5.41) is 7.10. The van der Waals surface area contributed by atoms with Crippen LogP contribution in [-0.4, -0.2) is 30.8 Å². The van der Waals surface area contributed by atoms with Gasteiger partial charge in [-0.25, -0.2) is 0 Å². The van der Waals surface area contributed by atoms with E-state index in [1.807, 2.05) is 26.0 Å². The van der Waals surface area contributed by atoms with Crippen molar-refractivity contribution in [1.82, 2.24) is 5.16 Å². The van der Waals surface area contributed by atoms with Crippen molar-refractivity contribution >= 4 is 17.3 Å². The molecule has 2 aliphatic heterocycles. The van der Waals surface area contributed by atoms with Gasteiger partial charge in [-0.05, 0) is 13.8 Å². The van der Waals surface area contributed by atoms with Crippen LogP contribution in [0.5, 0.6) is 11.5 Å². The van der Waals surface area contributed by atoms with Crippen LogP contribution in [0.15, 0.2) is 16.7 Å². The fourth-order valence-corrected chi connectivity index (χ4v) is 2.90. The second-order valence-electron chi connectivity index (χ2n) is 5.65. The molecular weight excluding hydrogens is 298 g/mol. The van der Waals surface area contributed by atoms with Crippen molar-refractivity contribution in [2.24, 2.45) is 0 Å². The second kappa shape index (κ2) is 5.19. The van der Waals surface area contributed by atoms with Crippen molar-refractivity contribution in [3.63, 3.8) is 0 Å². The molecule has 1 aromatic heterocycles. The van der Waals surface area contributed by atoms with Gasteiger partial charge in [0.2, 0.25) is 5.91 Å². The topological polar surface area (TPSA) is 76.8 Å². The number of fused-ring (bicyclic) bond motifs is 2. The highest BCUT2D eigenvalue weighted by Crippen LogP contribution is 2.42. The van der Waals surface area contributed by atoms with Gasteiger partial charge < -0.3 is 24.2 Å². The molecule has 4 rings (SSSR count). The maximum absolute atomic E-state index is 12.4. The molecule has 0 aliphatic carbocycles. The number of nitrogens with zero attached hydrogens (tertiary/aromatic N) is 2. The van der Waals surface area contributed by atoms with Crippen molar-refractivity contribution in [3.8, 4) is 11.5 Å². The van der Waals surface area contributed by atoms with Crippen molar-refractivity contribution in [2.75, 3.05) is 30.0 Å². The molecule has 0 saturated carbocycles. The van der Waals surface area contributed by atoms with Crippen LogP contribution in [0.25, 0.3) is 0 Å². The van der Waals surface area contributed by atoms with Gasteiger partial charge in [0, 0.05) is 17.7 Å². The van der Waals surface area contributed by atoms with Crippen LogP contribution in [0.3, 0.4) is 0 Å². The number of aryl methyl sites for hydroxylation is 2. The van der Waals surface area contributed by atoms with Crippen LogP contribution < -0.4 is 19.7 Å². The fourth-order valence-electron chi connectivity index (χ4n) is 2.90. The lowest BCUT2D eigenvalue weighted by Crippen LogP contribution is -2.39. The van der Waals surface area contributed by atoms with E-state index in [-0.39, 0.29) is 12.5 Å². The Labute approximate surface area is 133 Å². The Kier molecular flexibility index (Phi) is 3.14. The summed E-state index contributed by atoms with van der Waals surface area (Å²) in [5.74, 6) is 2.09. The summed E-state index contributed by atoms with van der Waals surface area (Å²) >= 11 is 0. The van der Waals surface area contributed by atoms with Gasteiger partial charge in [0.05, 0.1) is 30.2 Å². The van der Waals surface area contributed by atoms with Gasteiger partial charge in [-0.3, -0.25) is 4.79 Å². The molecule has 3 heterocycles. The van der Waals surface area contributed by atoms with Gasteiger partial charge in [-0.15, -0.1) is 0 Å². The minimum atomic E-state index is -0.00539. The van der Waals surface area contributed by atoms with E-state index < -0.39 is 0 Å². The van der Waals surface area contributed by atoms with E-state index in [0.717, 1.165) is 28.4 Å². The second-order valence-corrected chi connectivity index (χ2v) is 5.65. The summed E-state index contributed by atoms with van der Waals surface area (Å²) in [6.07, 6.45) is 0. The highest BCUT2D eigenvalue weighted by atomic mass is 16.6. The molecule has 23 heavy (non-hydrogen) atoms. The van der Waals surface area contributed by atoms with Crippen molar-refractivity contribution in [1.29, 1.82) is 0 Å². The maximum Gasteiger partial charge on any atom is 0.246 e. The fraction of sp³-hybridized carbons (Fsp3) is 0.375. The summed E-state index contributed by atoms with van der Waals surface area (Å²) in [4.78, 5) is 14.1. The normalized spacial score (nSPS) is 16.1. The summed E-state index contributed by atoms with van der Waals surface area (Å²) < 4.78 is 16.4. The standard InChI is InChI=1S/C16H17N3O4/c1-9-11(10(2)23-18-9)8-19-13-6-15-14(21-3-4-22-15)5-12(13)17-7-16(19)20/h5-6,17H,3-4,7-8H2,1-2H3. The zero-order valence-corrected chi connectivity index (χ0v) is 13.0. The predicted octanol–water partition coefficient (Wildman–Crippen LogP) is 2.02. The summed E-state index contributed by atoms with van der Waals surface area (Å²) in [6.45, 7) is 5.45. The number of rotatable bonds is 2. The first-order valence-electron chi connectivity index (χ1n) is 7.53. The highest BCUT2D eigenvalue weighted by Gasteiger charge is 2.28. The lowest BCUT2D eigenvalue weighted by molar-refractivity contribution is -0.117. The molecule has 7 heteroatoms. The molecule has 0 spiro atoms. The minimum absolute atomic E-state index is 0.00539. The van der Waals surface area contributed by atoms with E-state index in [1.165, 1.54) is 0 Å². The van der Waals surface area contributed by atoms with Crippen LogP contribution in [0.2, 0.25) is 0 Å². The largest absolute Gasteiger partial charge is 0.486 e. The first-order valence-corrected chi connectivity index (χ1v) is 7.53. The minimum Gasteiger partial charge on any atom is -0.486 e. The Morgan fingerprint density at radius 3 is 2.65 bits per heavy atom. The molecule has 0 fully saturated rings. The van der Waals surface area contributed by atoms with E-state index in [0.29, 0.717) is 31.3 Å². The third kappa shape index (κ3) is 2.28. The van der Waals surface area contributed by atoms with Crippen LogP contribution in [0.1, 0.15) is 17.0 Å². The molecule has 120 valence electrons. The van der Waals surface area contributed by atoms with E-state index >= 15 is 0 Å². The SMILES string of the molecule is Cc1noc(C)c1CN1C(=O)CNc2cc3c(cc21)OCCO3. The third-order valence-electron chi connectivity index (χ3n) is 4.18. The number of benzene rings is 1. The van der Waals surface area contributed by atoms with Gasteiger partial charge in [-0.2, -0.15) is 0 Å². The zero-order chi connectivity index (χ0) is 16.0. The van der Waals surface area contributed by atoms with Gasteiger partial charge in [0.1, 0.15) is 19.0 Å². The molecule has 1 aromatic carbocycles. The Morgan fingerprint density at radius 2 is 1.96 bits per heavy atom. The third-order valence-corrected chi connectivity index (χ3v) is 4.18. The van der Waals surface area contributed by atoms with E-state index in [1.54, 1.807) is 4.90 Å². The monoisotopic (exact) mass is 315 g/mol. The Hall–Kier alpha value is -2.70. The Morgan fingerprint density at radius 1 is 1.22 bits per heavy atom. The van der Waals surface area contributed by atoms with Crippen molar-refractivity contribution in [3.05, 3.63) is 29.2 Å². The van der Waals surface area contributed by atoms with Gasteiger partial charge >= 0.3 is 0 Å². The molecule has 0 unspecified atom stereocenters. The average Bonchev–Trinajstić information content (AvgIpc) is 2.87. The lowest BCUT2D eigenvalue weighted by Gasteiger charge is -2.32. The molecule has 2 aliphatic rings. The van der Waals surface area contributed by atoms with Crippen molar-refractivity contribution in [2.45, 2.75) is 20.4 Å². The van der Waals surface area contributed by atoms with Gasteiger partial charge in [-0.1, -0.05) is 5.16 Å². The first kappa shape index (κ1) is 13.9. The molecule has 7 nitrogen and oxygen atoms in total. The maximum atomic E-state index is 12.4. The number of carbonyl (C=O) groups excluding carboxylic acids is 1. The average molecular weight is 315 g/mol. The number of ether oxygens (including phenoxy) is 2. The summed E-state index contributed by atoms with van der Waals surface area (Å²) in [7, 11) is 0. The molecule has 2 aromatic rings. The number of aromatic nitrogens is 1. The van der Waals surface area contributed by atoms with E-state index in [9.17, 15) is 4.79 Å². The molecular formula is C16H17N3O4. The molecule has 1 amide bonds. The van der Waals surface area contributed by atoms with Crippen LogP contribution in [0.4, 0.5) is 11.4 Å². The smallest absolute Gasteiger partial charge is 0.246 e. The summed E-state index contributed by atoms with van der Waals surface area (Å²) in [6, 6.07) is 3.74. The Balaban J connectivity index is 1.75. The van der Waals surface area contributed by atoms with Crippen molar-refractivity contribution < 1.29 is 18.8 Å².